The Morgan fingerprint density at radius 3 is 3.00 bits per heavy atom. The summed E-state index contributed by atoms with van der Waals surface area (Å²) in [5.41, 5.74) is 1.18. The Morgan fingerprint density at radius 1 is 1.37 bits per heavy atom. The first-order valence-electron chi connectivity index (χ1n) is 7.24. The second-order valence-corrected chi connectivity index (χ2v) is 5.31. The predicted octanol–water partition coefficient (Wildman–Crippen LogP) is 1.85. The fourth-order valence-corrected chi connectivity index (χ4v) is 3.25. The molecule has 1 aliphatic heterocycles. The van der Waals surface area contributed by atoms with Crippen molar-refractivity contribution in [2.75, 3.05) is 19.7 Å². The first-order valence-corrected chi connectivity index (χ1v) is 7.24. The zero-order chi connectivity index (χ0) is 13.1. The normalized spacial score (nSPS) is 31.3. The molecule has 1 aromatic rings. The highest BCUT2D eigenvalue weighted by atomic mass is 16.5. The van der Waals surface area contributed by atoms with Crippen molar-refractivity contribution in [1.82, 2.24) is 9.88 Å². The van der Waals surface area contributed by atoms with Crippen molar-refractivity contribution in [2.45, 2.75) is 44.6 Å². The Labute approximate surface area is 114 Å². The molecule has 0 radical (unpaired) electrons. The van der Waals surface area contributed by atoms with E-state index in [2.05, 4.69) is 16.8 Å². The number of aromatic nitrogens is 1. The maximum atomic E-state index is 6.17. The lowest BCUT2D eigenvalue weighted by Gasteiger charge is -2.30. The van der Waals surface area contributed by atoms with E-state index in [0.717, 1.165) is 26.1 Å². The van der Waals surface area contributed by atoms with Crippen LogP contribution < -0.4 is 0 Å². The average molecular weight is 262 g/mol. The molecule has 0 amide bonds. The Hall–Kier alpha value is -0.970. The molecule has 0 N–H and O–H groups in total. The lowest BCUT2D eigenvalue weighted by molar-refractivity contribution is -0.0608. The minimum absolute atomic E-state index is 0.218. The largest absolute Gasteiger partial charge is 0.374 e. The quantitative estimate of drug-likeness (QED) is 0.829. The Bertz CT molecular complexity index is 398. The van der Waals surface area contributed by atoms with E-state index in [4.69, 9.17) is 9.47 Å². The number of likely N-dealkylation sites (N-methyl/N-ethyl adjacent to an activating group) is 1. The fraction of sp³-hybridized carbons (Fsp3) is 0.667. The van der Waals surface area contributed by atoms with Gasteiger partial charge >= 0.3 is 0 Å². The summed E-state index contributed by atoms with van der Waals surface area (Å²) < 4.78 is 12.1. The molecule has 1 aromatic heterocycles. The summed E-state index contributed by atoms with van der Waals surface area (Å²) in [7, 11) is 0. The minimum atomic E-state index is 0.218. The van der Waals surface area contributed by atoms with Crippen molar-refractivity contribution in [3.8, 4) is 0 Å². The van der Waals surface area contributed by atoms with Crippen LogP contribution in [0, 0.1) is 0 Å². The Kier molecular flexibility index (Phi) is 4.11. The van der Waals surface area contributed by atoms with Gasteiger partial charge in [0, 0.05) is 25.0 Å². The van der Waals surface area contributed by atoms with E-state index < -0.39 is 0 Å². The molecule has 4 nitrogen and oxygen atoms in total. The van der Waals surface area contributed by atoms with Crippen LogP contribution in [-0.4, -0.2) is 47.8 Å². The number of rotatable bonds is 4. The second-order valence-electron chi connectivity index (χ2n) is 5.31. The second kappa shape index (κ2) is 5.99. The summed E-state index contributed by atoms with van der Waals surface area (Å²) in [6, 6.07) is 4.55. The molecule has 2 aliphatic rings. The maximum Gasteiger partial charge on any atom is 0.0995 e. The van der Waals surface area contributed by atoms with Crippen LogP contribution in [0.3, 0.4) is 0 Å². The standard InChI is InChI=1S/C15H22N2O2/c1-2-17-9-10-18-14-4-3-13(17)15(14)19-11-12-5-7-16-8-6-12/h5-8,13-15H,2-4,9-11H2,1H3/t13-,14-,15-/m0/s1. The fourth-order valence-electron chi connectivity index (χ4n) is 3.25. The van der Waals surface area contributed by atoms with Crippen LogP contribution in [-0.2, 0) is 16.1 Å². The van der Waals surface area contributed by atoms with Gasteiger partial charge in [-0.15, -0.1) is 0 Å². The smallest absolute Gasteiger partial charge is 0.0995 e. The van der Waals surface area contributed by atoms with E-state index in [1.807, 2.05) is 24.5 Å². The molecule has 104 valence electrons. The molecule has 3 rings (SSSR count). The van der Waals surface area contributed by atoms with Crippen LogP contribution in [0.15, 0.2) is 24.5 Å². The highest BCUT2D eigenvalue weighted by Crippen LogP contribution is 2.32. The number of nitrogens with zero attached hydrogens (tertiary/aromatic N) is 2. The van der Waals surface area contributed by atoms with Crippen LogP contribution in [0.5, 0.6) is 0 Å². The zero-order valence-electron chi connectivity index (χ0n) is 11.5. The molecule has 4 heteroatoms. The molecule has 1 aliphatic carbocycles. The monoisotopic (exact) mass is 262 g/mol. The van der Waals surface area contributed by atoms with Crippen LogP contribution in [0.25, 0.3) is 0 Å². The summed E-state index contributed by atoms with van der Waals surface area (Å²) in [5, 5.41) is 0. The van der Waals surface area contributed by atoms with Crippen LogP contribution in [0.2, 0.25) is 0 Å². The average Bonchev–Trinajstić information content (AvgIpc) is 2.74. The Morgan fingerprint density at radius 2 is 2.21 bits per heavy atom. The minimum Gasteiger partial charge on any atom is -0.374 e. The van der Waals surface area contributed by atoms with E-state index in [-0.39, 0.29) is 12.2 Å². The van der Waals surface area contributed by atoms with Gasteiger partial charge in [-0.1, -0.05) is 6.92 Å². The van der Waals surface area contributed by atoms with Gasteiger partial charge in [-0.2, -0.15) is 0 Å². The molecule has 19 heavy (non-hydrogen) atoms. The van der Waals surface area contributed by atoms with Crippen molar-refractivity contribution in [1.29, 1.82) is 0 Å². The topological polar surface area (TPSA) is 34.6 Å². The van der Waals surface area contributed by atoms with Gasteiger partial charge in [0.1, 0.15) is 0 Å². The first kappa shape index (κ1) is 13.0. The maximum absolute atomic E-state index is 6.17. The molecule has 2 heterocycles. The summed E-state index contributed by atoms with van der Waals surface area (Å²) in [6.45, 7) is 5.83. The van der Waals surface area contributed by atoms with Crippen molar-refractivity contribution >= 4 is 0 Å². The Balaban J connectivity index is 1.66. The molecule has 0 spiro atoms. The summed E-state index contributed by atoms with van der Waals surface area (Å²) >= 11 is 0. The van der Waals surface area contributed by atoms with E-state index in [1.165, 1.54) is 12.0 Å². The summed E-state index contributed by atoms with van der Waals surface area (Å²) in [4.78, 5) is 6.54. The SMILES string of the molecule is CCN1CCO[C@H]2CC[C@H]1[C@@H]2OCc1ccncc1. The van der Waals surface area contributed by atoms with Crippen molar-refractivity contribution in [3.63, 3.8) is 0 Å². The van der Waals surface area contributed by atoms with E-state index in [0.29, 0.717) is 12.6 Å². The van der Waals surface area contributed by atoms with Gasteiger partial charge in [-0.3, -0.25) is 9.88 Å². The van der Waals surface area contributed by atoms with Gasteiger partial charge in [0.25, 0.3) is 0 Å². The molecule has 1 saturated carbocycles. The van der Waals surface area contributed by atoms with Crippen LogP contribution in [0.4, 0.5) is 0 Å². The number of ether oxygens (including phenoxy) is 2. The molecular weight excluding hydrogens is 240 g/mol. The highest BCUT2D eigenvalue weighted by molar-refractivity contribution is 5.08. The lowest BCUT2D eigenvalue weighted by atomic mass is 10.1. The molecule has 2 bridgehead atoms. The summed E-state index contributed by atoms with van der Waals surface area (Å²) in [5.74, 6) is 0. The van der Waals surface area contributed by atoms with Gasteiger partial charge in [0.15, 0.2) is 0 Å². The van der Waals surface area contributed by atoms with Crippen molar-refractivity contribution < 1.29 is 9.47 Å². The number of fused-ring (bicyclic) bond motifs is 2. The molecule has 3 atom stereocenters. The third kappa shape index (κ3) is 2.81. The van der Waals surface area contributed by atoms with Crippen LogP contribution in [0.1, 0.15) is 25.3 Å². The molecule has 0 unspecified atom stereocenters. The van der Waals surface area contributed by atoms with E-state index in [1.54, 1.807) is 0 Å². The van der Waals surface area contributed by atoms with Gasteiger partial charge in [0.2, 0.25) is 0 Å². The van der Waals surface area contributed by atoms with Gasteiger partial charge in [0.05, 0.1) is 25.4 Å². The van der Waals surface area contributed by atoms with Crippen LogP contribution >= 0.6 is 0 Å². The molecule has 2 fully saturated rings. The molecule has 1 saturated heterocycles. The van der Waals surface area contributed by atoms with E-state index in [9.17, 15) is 0 Å². The third-order valence-electron chi connectivity index (χ3n) is 4.27. The summed E-state index contributed by atoms with van der Waals surface area (Å²) in [6.07, 6.45) is 6.45. The molecular formula is C15H22N2O2. The van der Waals surface area contributed by atoms with Gasteiger partial charge in [-0.25, -0.2) is 0 Å². The molecule has 0 aromatic carbocycles. The van der Waals surface area contributed by atoms with Crippen molar-refractivity contribution in [2.24, 2.45) is 0 Å². The zero-order valence-corrected chi connectivity index (χ0v) is 11.5. The predicted molar refractivity (Wildman–Crippen MR) is 72.8 cm³/mol. The van der Waals surface area contributed by atoms with Gasteiger partial charge < -0.3 is 9.47 Å². The van der Waals surface area contributed by atoms with Gasteiger partial charge in [-0.05, 0) is 37.1 Å². The van der Waals surface area contributed by atoms with E-state index >= 15 is 0 Å². The van der Waals surface area contributed by atoms with Crippen molar-refractivity contribution in [3.05, 3.63) is 30.1 Å². The third-order valence-corrected chi connectivity index (χ3v) is 4.27. The number of hydrogen-bond donors (Lipinski definition) is 0. The first-order chi connectivity index (χ1) is 9.38. The number of hydrogen-bond acceptors (Lipinski definition) is 4. The highest BCUT2D eigenvalue weighted by Gasteiger charge is 2.42. The number of pyridine rings is 1. The lowest BCUT2D eigenvalue weighted by Crippen LogP contribution is -2.43.